The average Bonchev–Trinajstić information content (AvgIpc) is 2.67. The number of hydrogen-bond donors (Lipinski definition) is 3. The third kappa shape index (κ3) is 12.0. The number of aliphatic hydroxyl groups is 3. The molecule has 0 radical (unpaired) electrons. The first kappa shape index (κ1) is 24.6. The molecule has 1 aromatic carbocycles. The van der Waals surface area contributed by atoms with Gasteiger partial charge in [0, 0.05) is 0 Å². The molecule has 0 aliphatic rings. The minimum atomic E-state index is -3.59. The molecule has 0 atom stereocenters. The molecule has 26 heavy (non-hydrogen) atoms. The fourth-order valence-electron chi connectivity index (χ4n) is 1.25. The molecule has 0 saturated carbocycles. The van der Waals surface area contributed by atoms with Crippen molar-refractivity contribution in [3.63, 3.8) is 0 Å². The monoisotopic (exact) mass is 395 g/mol. The Labute approximate surface area is 152 Å². The number of rotatable bonds is 13. The highest BCUT2D eigenvalue weighted by molar-refractivity contribution is 7.86. The van der Waals surface area contributed by atoms with Crippen molar-refractivity contribution in [3.05, 3.63) is 43.0 Å². The van der Waals surface area contributed by atoms with Crippen molar-refractivity contribution in [2.45, 2.75) is 4.90 Å². The lowest BCUT2D eigenvalue weighted by Gasteiger charge is -2.17. The van der Waals surface area contributed by atoms with E-state index in [0.717, 1.165) is 0 Å². The predicted octanol–water partition coefficient (Wildman–Crippen LogP) is -0.362. The Bertz CT molecular complexity index is 534. The molecule has 0 aromatic heterocycles. The van der Waals surface area contributed by atoms with Crippen LogP contribution in [0, 0.1) is 0 Å². The zero-order valence-corrected chi connectivity index (χ0v) is 15.1. The first-order chi connectivity index (χ1) is 12.5. The van der Waals surface area contributed by atoms with Crippen molar-refractivity contribution >= 4 is 10.1 Å². The largest absolute Gasteiger partial charge is 0.394 e. The molecule has 0 fully saturated rings. The smallest absolute Gasteiger partial charge is 0.297 e. The van der Waals surface area contributed by atoms with Gasteiger partial charge in [-0.25, -0.2) is 14.5 Å². The van der Waals surface area contributed by atoms with Crippen LogP contribution >= 0.6 is 0 Å². The summed E-state index contributed by atoms with van der Waals surface area (Å²) in [5, 5.41) is 25.9. The molecule has 10 nitrogen and oxygen atoms in total. The molecule has 150 valence electrons. The lowest BCUT2D eigenvalue weighted by Crippen LogP contribution is -2.28. The van der Waals surface area contributed by atoms with E-state index < -0.39 is 10.1 Å². The molecule has 3 N–H and O–H groups in total. The summed E-state index contributed by atoms with van der Waals surface area (Å²) in [6.45, 7) is 2.86. The van der Waals surface area contributed by atoms with E-state index in [2.05, 4.69) is 10.8 Å². The van der Waals surface area contributed by atoms with E-state index in [1.54, 1.807) is 18.2 Å². The topological polar surface area (TPSA) is 135 Å². The van der Waals surface area contributed by atoms with Crippen LogP contribution in [0.1, 0.15) is 0 Å². The van der Waals surface area contributed by atoms with Crippen LogP contribution in [0.5, 0.6) is 0 Å². The van der Waals surface area contributed by atoms with Crippen LogP contribution in [-0.2, 0) is 28.8 Å². The van der Waals surface area contributed by atoms with Crippen molar-refractivity contribution in [2.24, 2.45) is 0 Å². The standard InChI is InChI=1S/C9H10O3S.C6H15NO6/c1-2-8-12-13(10,11)9-6-4-3-5-7-9;8-1-4-11-7(12-5-2-9)13-6-3-10/h2-7H,1,8H2;8-10H,1-6H2. The minimum absolute atomic E-state index is 0.00275. The highest BCUT2D eigenvalue weighted by Gasteiger charge is 2.12. The fraction of sp³-hybridized carbons (Fsp3) is 0.467. The molecular weight excluding hydrogens is 370 g/mol. The van der Waals surface area contributed by atoms with E-state index in [1.807, 2.05) is 0 Å². The molecule has 0 amide bonds. The summed E-state index contributed by atoms with van der Waals surface area (Å²) in [5.74, 6) is 0. The van der Waals surface area contributed by atoms with Crippen LogP contribution in [0.4, 0.5) is 0 Å². The Balaban J connectivity index is 0.000000481. The van der Waals surface area contributed by atoms with E-state index in [9.17, 15) is 8.42 Å². The highest BCUT2D eigenvalue weighted by atomic mass is 32.2. The molecule has 1 aromatic rings. The summed E-state index contributed by atoms with van der Waals surface area (Å²) in [6.07, 6.45) is 1.39. The zero-order valence-electron chi connectivity index (χ0n) is 14.3. The van der Waals surface area contributed by atoms with Gasteiger partial charge in [-0.2, -0.15) is 8.42 Å². The van der Waals surface area contributed by atoms with Gasteiger partial charge in [0.05, 0.1) is 56.5 Å². The van der Waals surface area contributed by atoms with Crippen molar-refractivity contribution < 1.29 is 42.4 Å². The van der Waals surface area contributed by atoms with Crippen LogP contribution in [0.3, 0.4) is 0 Å². The van der Waals surface area contributed by atoms with Gasteiger partial charge in [0.25, 0.3) is 10.1 Å². The Morgan fingerprint density at radius 3 is 1.77 bits per heavy atom. The van der Waals surface area contributed by atoms with Crippen LogP contribution in [0.25, 0.3) is 0 Å². The molecule has 0 heterocycles. The Morgan fingerprint density at radius 2 is 1.38 bits per heavy atom. The summed E-state index contributed by atoms with van der Waals surface area (Å²) in [6, 6.07) is 8.00. The van der Waals surface area contributed by atoms with Gasteiger partial charge in [-0.3, -0.25) is 4.18 Å². The van der Waals surface area contributed by atoms with E-state index in [0.29, 0.717) is 5.39 Å². The second-order valence-electron chi connectivity index (χ2n) is 4.23. The first-order valence-electron chi connectivity index (χ1n) is 7.58. The normalized spacial score (nSPS) is 11.1. The summed E-state index contributed by atoms with van der Waals surface area (Å²) < 4.78 is 27.3. The van der Waals surface area contributed by atoms with Crippen molar-refractivity contribution in [1.29, 1.82) is 0 Å². The molecule has 0 saturated heterocycles. The Kier molecular flexibility index (Phi) is 15.0. The predicted molar refractivity (Wildman–Crippen MR) is 90.7 cm³/mol. The molecule has 1 rings (SSSR count). The van der Waals surface area contributed by atoms with Gasteiger partial charge >= 0.3 is 0 Å². The van der Waals surface area contributed by atoms with E-state index >= 15 is 0 Å². The number of hydrogen-bond acceptors (Lipinski definition) is 10. The maximum absolute atomic E-state index is 11.3. The van der Waals surface area contributed by atoms with Gasteiger partial charge in [-0.05, 0) is 12.1 Å². The third-order valence-corrected chi connectivity index (χ3v) is 3.53. The van der Waals surface area contributed by atoms with Crippen LogP contribution < -0.4 is 0 Å². The van der Waals surface area contributed by atoms with E-state index in [1.165, 1.54) is 18.2 Å². The Morgan fingerprint density at radius 1 is 0.923 bits per heavy atom. The maximum Gasteiger partial charge on any atom is 0.297 e. The first-order valence-corrected chi connectivity index (χ1v) is 8.99. The lowest BCUT2D eigenvalue weighted by molar-refractivity contribution is -0.527. The van der Waals surface area contributed by atoms with Crippen LogP contribution in [0.15, 0.2) is 47.9 Å². The van der Waals surface area contributed by atoms with Gasteiger partial charge in [0.1, 0.15) is 0 Å². The molecule has 0 aliphatic carbocycles. The zero-order chi connectivity index (χ0) is 19.7. The summed E-state index contributed by atoms with van der Waals surface area (Å²) in [4.78, 5) is 14.3. The number of nitrogens with zero attached hydrogens (tertiary/aromatic N) is 1. The van der Waals surface area contributed by atoms with E-state index in [4.69, 9.17) is 29.8 Å². The quantitative estimate of drug-likeness (QED) is 0.231. The van der Waals surface area contributed by atoms with Gasteiger partial charge in [0.15, 0.2) is 0 Å². The third-order valence-electron chi connectivity index (χ3n) is 2.24. The molecule has 0 aliphatic heterocycles. The van der Waals surface area contributed by atoms with Gasteiger partial charge in [-0.1, -0.05) is 24.3 Å². The number of aliphatic hydroxyl groups excluding tert-OH is 3. The second kappa shape index (κ2) is 15.8. The minimum Gasteiger partial charge on any atom is -0.394 e. The highest BCUT2D eigenvalue weighted by Crippen LogP contribution is 2.10. The SMILES string of the molecule is C=CCOS(=O)(=O)c1ccccc1.OCCON(OCCO)OCCO. The average molecular weight is 395 g/mol. The summed E-state index contributed by atoms with van der Waals surface area (Å²) >= 11 is 0. The van der Waals surface area contributed by atoms with Gasteiger partial charge < -0.3 is 15.3 Å². The molecule has 0 spiro atoms. The molecular formula is C15H25NO9S. The summed E-state index contributed by atoms with van der Waals surface area (Å²) in [5.41, 5.74) is 0. The maximum atomic E-state index is 11.3. The molecule has 11 heteroatoms. The number of benzene rings is 1. The Hall–Kier alpha value is -1.41. The van der Waals surface area contributed by atoms with Gasteiger partial charge in [0.2, 0.25) is 0 Å². The lowest BCUT2D eigenvalue weighted by atomic mass is 10.4. The fourth-order valence-corrected chi connectivity index (χ4v) is 2.15. The van der Waals surface area contributed by atoms with Gasteiger partial charge in [-0.15, -0.1) is 6.58 Å². The second-order valence-corrected chi connectivity index (χ2v) is 5.85. The van der Waals surface area contributed by atoms with Crippen molar-refractivity contribution in [3.8, 4) is 0 Å². The van der Waals surface area contributed by atoms with Crippen LogP contribution in [-0.4, -0.2) is 75.4 Å². The van der Waals surface area contributed by atoms with Crippen molar-refractivity contribution in [2.75, 3.05) is 46.2 Å². The van der Waals surface area contributed by atoms with Crippen LogP contribution in [0.2, 0.25) is 0 Å². The molecule has 0 unspecified atom stereocenters. The van der Waals surface area contributed by atoms with Crippen molar-refractivity contribution in [1.82, 2.24) is 5.39 Å². The summed E-state index contributed by atoms with van der Waals surface area (Å²) in [7, 11) is -3.59. The van der Waals surface area contributed by atoms with E-state index in [-0.39, 0.29) is 51.1 Å². The molecule has 0 bridgehead atoms.